The summed E-state index contributed by atoms with van der Waals surface area (Å²) in [5.74, 6) is 0.281. The van der Waals surface area contributed by atoms with E-state index in [1.807, 2.05) is 38.2 Å². The molecule has 8 nitrogen and oxygen atoms in total. The molecule has 1 saturated heterocycles. The topological polar surface area (TPSA) is 96.2 Å². The monoisotopic (exact) mass is 611 g/mol. The van der Waals surface area contributed by atoms with E-state index in [4.69, 9.17) is 43.5 Å². The lowest BCUT2D eigenvalue weighted by molar-refractivity contribution is 0.0337. The number of dihydropyridines is 1. The molecule has 1 fully saturated rings. The van der Waals surface area contributed by atoms with Crippen molar-refractivity contribution in [3.05, 3.63) is 75.1 Å². The molecule has 3 atom stereocenters. The van der Waals surface area contributed by atoms with Gasteiger partial charge in [-0.15, -0.1) is 11.6 Å². The summed E-state index contributed by atoms with van der Waals surface area (Å²) in [5, 5.41) is 15.0. The molecule has 3 heterocycles. The molecular formula is C31H34Cl2FN6O2+. The number of nitrogens with zero attached hydrogens (tertiary/aromatic N) is 5. The maximum Gasteiger partial charge on any atom is 0.169 e. The van der Waals surface area contributed by atoms with Gasteiger partial charge in [0.15, 0.2) is 5.69 Å². The van der Waals surface area contributed by atoms with Crippen molar-refractivity contribution in [2.45, 2.75) is 24.9 Å². The number of likely N-dealkylation sites (N-methyl/N-ethyl adjacent to an activating group) is 1. The SMILES string of the molecule is CC(Oc1ccc2c(c1)C(/C=C/c1cc(F)c(CN3CCOCC3)cc1C#N)=N[N+]2(C)CCN)C1=C(Cl)C=NCC1Cl. The van der Waals surface area contributed by atoms with Gasteiger partial charge in [0, 0.05) is 49.6 Å². The Balaban J connectivity index is 1.43. The summed E-state index contributed by atoms with van der Waals surface area (Å²) in [4.78, 5) is 6.30. The van der Waals surface area contributed by atoms with E-state index >= 15 is 4.39 Å². The molecule has 3 aliphatic heterocycles. The van der Waals surface area contributed by atoms with E-state index in [9.17, 15) is 5.26 Å². The number of nitrogens with two attached hydrogens (primary N) is 1. The standard InChI is InChI=1S/C31H34Cl2FN6O2/c1-20(31-26(32)17-37-18-27(31)33)42-24-4-6-30-25(15-24)29(38-40(30,2)10-7-35)5-3-21-14-28(34)23(13-22(21)16-36)19-39-8-11-41-12-9-39/h3-6,13-15,17,20,27H,7-12,18-19,35H2,1-2H3/q+1/b5-3+. The van der Waals surface area contributed by atoms with Gasteiger partial charge in [0.2, 0.25) is 0 Å². The van der Waals surface area contributed by atoms with Gasteiger partial charge in [-0.05, 0) is 42.8 Å². The molecule has 0 spiro atoms. The number of quaternary nitrogens is 1. The zero-order valence-electron chi connectivity index (χ0n) is 23.7. The summed E-state index contributed by atoms with van der Waals surface area (Å²) >= 11 is 12.9. The third-order valence-electron chi connectivity index (χ3n) is 7.75. The largest absolute Gasteiger partial charge is 0.486 e. The summed E-state index contributed by atoms with van der Waals surface area (Å²) in [6, 6.07) is 11.1. The number of aliphatic imine (C=N–C) groups is 1. The number of rotatable bonds is 9. The molecule has 2 N–H and O–H groups in total. The van der Waals surface area contributed by atoms with Gasteiger partial charge in [-0.2, -0.15) is 9.85 Å². The van der Waals surface area contributed by atoms with E-state index < -0.39 is 0 Å². The third-order valence-corrected chi connectivity index (χ3v) is 8.44. The first kappa shape index (κ1) is 30.4. The van der Waals surface area contributed by atoms with Gasteiger partial charge in [0.1, 0.15) is 29.9 Å². The number of morpholine rings is 1. The van der Waals surface area contributed by atoms with E-state index in [1.54, 1.807) is 18.4 Å². The number of hydrogen-bond donors (Lipinski definition) is 1. The average molecular weight is 613 g/mol. The Morgan fingerprint density at radius 2 is 2.07 bits per heavy atom. The van der Waals surface area contributed by atoms with Crippen molar-refractivity contribution in [3.8, 4) is 11.8 Å². The summed E-state index contributed by atoms with van der Waals surface area (Å²) in [7, 11) is 1.99. The maximum atomic E-state index is 15.2. The molecule has 220 valence electrons. The second-order valence-electron chi connectivity index (χ2n) is 10.7. The Morgan fingerprint density at radius 3 is 2.79 bits per heavy atom. The van der Waals surface area contributed by atoms with Crippen LogP contribution >= 0.6 is 23.2 Å². The molecule has 5 rings (SSSR count). The predicted molar refractivity (Wildman–Crippen MR) is 167 cm³/mol. The Hall–Kier alpha value is -3.10. The second kappa shape index (κ2) is 13.0. The fourth-order valence-corrected chi connectivity index (χ4v) is 6.31. The normalized spacial score (nSPS) is 23.2. The van der Waals surface area contributed by atoms with Crippen LogP contribution in [0.15, 0.2) is 57.1 Å². The lowest BCUT2D eigenvalue weighted by Gasteiger charge is -2.26. The molecule has 0 aromatic heterocycles. The van der Waals surface area contributed by atoms with E-state index in [0.29, 0.717) is 72.6 Å². The number of fused-ring (bicyclic) bond motifs is 1. The number of benzene rings is 2. The van der Waals surface area contributed by atoms with Crippen molar-refractivity contribution < 1.29 is 13.9 Å². The molecule has 0 radical (unpaired) electrons. The van der Waals surface area contributed by atoms with Crippen LogP contribution < -0.4 is 15.1 Å². The highest BCUT2D eigenvalue weighted by molar-refractivity contribution is 6.41. The Kier molecular flexibility index (Phi) is 9.43. The van der Waals surface area contributed by atoms with Gasteiger partial charge in [0.25, 0.3) is 0 Å². The van der Waals surface area contributed by atoms with E-state index in [2.05, 4.69) is 16.0 Å². The van der Waals surface area contributed by atoms with Crippen LogP contribution in [0.3, 0.4) is 0 Å². The van der Waals surface area contributed by atoms with Gasteiger partial charge in [-0.25, -0.2) is 4.39 Å². The van der Waals surface area contributed by atoms with Crippen LogP contribution in [0.4, 0.5) is 10.1 Å². The molecule has 0 saturated carbocycles. The minimum atomic E-state index is -0.371. The van der Waals surface area contributed by atoms with Crippen molar-refractivity contribution in [3.63, 3.8) is 0 Å². The zero-order chi connectivity index (χ0) is 29.9. The van der Waals surface area contributed by atoms with Gasteiger partial charge >= 0.3 is 0 Å². The van der Waals surface area contributed by atoms with E-state index in [-0.39, 0.29) is 21.9 Å². The fraction of sp³-hybridized carbons (Fsp3) is 0.387. The van der Waals surface area contributed by atoms with Crippen molar-refractivity contribution in [1.82, 2.24) is 9.49 Å². The molecule has 3 unspecified atom stereocenters. The molecule has 0 bridgehead atoms. The van der Waals surface area contributed by atoms with Crippen LogP contribution in [0.5, 0.6) is 5.75 Å². The summed E-state index contributed by atoms with van der Waals surface area (Å²) in [6.07, 6.45) is 4.79. The predicted octanol–water partition coefficient (Wildman–Crippen LogP) is 4.81. The van der Waals surface area contributed by atoms with Crippen molar-refractivity contribution in [1.29, 1.82) is 5.26 Å². The van der Waals surface area contributed by atoms with Gasteiger partial charge < -0.3 is 15.2 Å². The van der Waals surface area contributed by atoms with Crippen molar-refractivity contribution in [2.75, 3.05) is 53.0 Å². The van der Waals surface area contributed by atoms with Crippen LogP contribution in [0.25, 0.3) is 6.08 Å². The molecule has 2 aromatic carbocycles. The lowest BCUT2D eigenvalue weighted by atomic mass is 10.0. The quantitative estimate of drug-likeness (QED) is 0.324. The average Bonchev–Trinajstić information content (AvgIpc) is 3.24. The Labute approximate surface area is 255 Å². The molecule has 3 aliphatic rings. The summed E-state index contributed by atoms with van der Waals surface area (Å²) < 4.78 is 27.1. The minimum Gasteiger partial charge on any atom is -0.486 e. The summed E-state index contributed by atoms with van der Waals surface area (Å²) in [6.45, 7) is 6.52. The molecule has 0 aliphatic carbocycles. The highest BCUT2D eigenvalue weighted by Crippen LogP contribution is 2.37. The van der Waals surface area contributed by atoms with Gasteiger partial charge in [0.05, 0.1) is 54.4 Å². The third kappa shape index (κ3) is 6.45. The van der Waals surface area contributed by atoms with Crippen molar-refractivity contribution >= 4 is 46.9 Å². The first-order valence-electron chi connectivity index (χ1n) is 13.9. The maximum absolute atomic E-state index is 15.2. The first-order chi connectivity index (χ1) is 20.2. The van der Waals surface area contributed by atoms with E-state index in [1.165, 1.54) is 6.07 Å². The fourth-order valence-electron chi connectivity index (χ4n) is 5.53. The van der Waals surface area contributed by atoms with Crippen LogP contribution in [-0.2, 0) is 11.3 Å². The number of halogens is 3. The Bertz CT molecular complexity index is 1510. The Morgan fingerprint density at radius 1 is 1.29 bits per heavy atom. The summed E-state index contributed by atoms with van der Waals surface area (Å²) in [5.41, 5.74) is 10.6. The van der Waals surface area contributed by atoms with Crippen LogP contribution in [0, 0.1) is 17.1 Å². The molecule has 11 heteroatoms. The second-order valence-corrected chi connectivity index (χ2v) is 11.6. The van der Waals surface area contributed by atoms with Gasteiger partial charge in [-0.3, -0.25) is 9.89 Å². The number of hydrogen-bond acceptors (Lipinski definition) is 7. The van der Waals surface area contributed by atoms with Crippen LogP contribution in [0.2, 0.25) is 0 Å². The highest BCUT2D eigenvalue weighted by Gasteiger charge is 2.36. The minimum absolute atomic E-state index is 0.260. The van der Waals surface area contributed by atoms with E-state index in [0.717, 1.165) is 29.9 Å². The van der Waals surface area contributed by atoms with Crippen LogP contribution in [0.1, 0.15) is 29.2 Å². The number of allylic oxidation sites excluding steroid dienone is 2. The smallest absolute Gasteiger partial charge is 0.169 e. The molecule has 42 heavy (non-hydrogen) atoms. The van der Waals surface area contributed by atoms with Crippen molar-refractivity contribution in [2.24, 2.45) is 15.8 Å². The zero-order valence-corrected chi connectivity index (χ0v) is 25.2. The lowest BCUT2D eigenvalue weighted by Crippen LogP contribution is -2.41. The number of alkyl halides is 1. The van der Waals surface area contributed by atoms with Gasteiger partial charge in [-0.1, -0.05) is 22.8 Å². The number of nitriles is 1. The highest BCUT2D eigenvalue weighted by atomic mass is 35.5. The molecule has 2 aromatic rings. The van der Waals surface area contributed by atoms with Crippen LogP contribution in [-0.4, -0.2) is 81.3 Å². The molecule has 0 amide bonds. The number of ether oxygens (including phenoxy) is 2. The first-order valence-corrected chi connectivity index (χ1v) is 14.8. The molecular weight excluding hydrogens is 578 g/mol.